The zero-order chi connectivity index (χ0) is 14.9. The van der Waals surface area contributed by atoms with E-state index in [4.69, 9.17) is 0 Å². The lowest BCUT2D eigenvalue weighted by Crippen LogP contribution is -2.17. The zero-order valence-corrected chi connectivity index (χ0v) is 13.9. The average Bonchev–Trinajstić information content (AvgIpc) is 2.87. The summed E-state index contributed by atoms with van der Waals surface area (Å²) in [7, 11) is 0. The van der Waals surface area contributed by atoms with Gasteiger partial charge in [0.25, 0.3) is 0 Å². The molecule has 0 aromatic carbocycles. The van der Waals surface area contributed by atoms with Crippen molar-refractivity contribution < 1.29 is 5.21 Å². The van der Waals surface area contributed by atoms with Crippen molar-refractivity contribution in [2.45, 2.75) is 55.0 Å². The molecule has 114 valence electrons. The summed E-state index contributed by atoms with van der Waals surface area (Å²) in [5.74, 6) is 0. The fourth-order valence-electron chi connectivity index (χ4n) is 2.16. The fraction of sp³-hybridized carbons (Fsp3) is 0.533. The van der Waals surface area contributed by atoms with Crippen LogP contribution in [0.2, 0.25) is 0 Å². The number of thioether (sulfide) groups is 1. The maximum Gasteiger partial charge on any atom is 0.174 e. The van der Waals surface area contributed by atoms with Crippen molar-refractivity contribution in [3.63, 3.8) is 0 Å². The molecule has 0 bridgehead atoms. The van der Waals surface area contributed by atoms with E-state index >= 15 is 0 Å². The number of aromatic nitrogens is 2. The van der Waals surface area contributed by atoms with Crippen LogP contribution >= 0.6 is 23.1 Å². The molecule has 0 amide bonds. The number of oxime groups is 1. The highest BCUT2D eigenvalue weighted by molar-refractivity contribution is 8.02. The van der Waals surface area contributed by atoms with Crippen molar-refractivity contribution in [3.05, 3.63) is 29.3 Å². The molecule has 1 N–H and O–H groups in total. The summed E-state index contributed by atoms with van der Waals surface area (Å²) < 4.78 is 0.949. The molecule has 21 heavy (non-hydrogen) atoms. The van der Waals surface area contributed by atoms with Gasteiger partial charge < -0.3 is 5.21 Å². The van der Waals surface area contributed by atoms with Crippen molar-refractivity contribution in [1.29, 1.82) is 0 Å². The monoisotopic (exact) mass is 323 g/mol. The lowest BCUT2D eigenvalue weighted by molar-refractivity contribution is 0.316. The summed E-state index contributed by atoms with van der Waals surface area (Å²) in [4.78, 5) is 0. The molecule has 1 aliphatic rings. The largest absolute Gasteiger partial charge is 0.411 e. The first-order chi connectivity index (χ1) is 10.3. The molecule has 1 aromatic rings. The molecule has 0 radical (unpaired) electrons. The van der Waals surface area contributed by atoms with Gasteiger partial charge in [0.1, 0.15) is 5.01 Å². The quantitative estimate of drug-likeness (QED) is 0.491. The minimum absolute atomic E-state index is 0.167. The van der Waals surface area contributed by atoms with Crippen LogP contribution in [0.15, 0.2) is 33.8 Å². The third-order valence-corrected chi connectivity index (χ3v) is 5.49. The van der Waals surface area contributed by atoms with E-state index in [0.29, 0.717) is 0 Å². The van der Waals surface area contributed by atoms with E-state index in [1.165, 1.54) is 0 Å². The number of aryl methyl sites for hydroxylation is 1. The zero-order valence-electron chi connectivity index (χ0n) is 12.2. The van der Waals surface area contributed by atoms with E-state index in [0.717, 1.165) is 53.6 Å². The Morgan fingerprint density at radius 3 is 2.52 bits per heavy atom. The van der Waals surface area contributed by atoms with Gasteiger partial charge in [-0.05, 0) is 45.4 Å². The summed E-state index contributed by atoms with van der Waals surface area (Å²) in [5.41, 5.74) is 0.853. The molecular formula is C15H21N3OS2. The van der Waals surface area contributed by atoms with Crippen LogP contribution in [-0.4, -0.2) is 26.4 Å². The first kappa shape index (κ1) is 16.2. The maximum absolute atomic E-state index is 9.35. The minimum Gasteiger partial charge on any atom is -0.411 e. The predicted octanol–water partition coefficient (Wildman–Crippen LogP) is 4.60. The molecule has 4 nitrogen and oxygen atoms in total. The van der Waals surface area contributed by atoms with Gasteiger partial charge in [0.2, 0.25) is 0 Å². The van der Waals surface area contributed by atoms with Crippen molar-refractivity contribution in [3.8, 4) is 0 Å². The molecule has 0 aliphatic heterocycles. The van der Waals surface area contributed by atoms with Crippen LogP contribution in [-0.2, 0) is 0 Å². The first-order valence-electron chi connectivity index (χ1n) is 7.27. The summed E-state index contributed by atoms with van der Waals surface area (Å²) >= 11 is 3.26. The maximum atomic E-state index is 9.35. The molecule has 0 saturated heterocycles. The van der Waals surface area contributed by atoms with E-state index in [-0.39, 0.29) is 5.25 Å². The van der Waals surface area contributed by atoms with Crippen LogP contribution in [0.1, 0.15) is 43.5 Å². The Morgan fingerprint density at radius 1 is 1.14 bits per heavy atom. The number of allylic oxidation sites excluding steroid dienone is 4. The molecule has 0 spiro atoms. The number of rotatable bonds is 2. The van der Waals surface area contributed by atoms with Crippen molar-refractivity contribution in [2.75, 3.05) is 0 Å². The van der Waals surface area contributed by atoms with Gasteiger partial charge in [-0.3, -0.25) is 0 Å². The molecule has 1 aromatic heterocycles. The Kier molecular flexibility index (Phi) is 6.95. The molecule has 1 aliphatic carbocycles. The first-order valence-corrected chi connectivity index (χ1v) is 8.97. The van der Waals surface area contributed by atoms with Gasteiger partial charge >= 0.3 is 0 Å². The summed E-state index contributed by atoms with van der Waals surface area (Å²) in [6.07, 6.45) is 14.7. The van der Waals surface area contributed by atoms with Gasteiger partial charge in [-0.1, -0.05) is 52.6 Å². The lowest BCUT2D eigenvalue weighted by atomic mass is 10.1. The number of nitrogens with zero attached hydrogens (tertiary/aromatic N) is 3. The standard InChI is InChI=1S/C15H21N3OS2/c1-12-16-17-15(20-12)21-14-11-9-7-5-3-2-4-6-8-10-13(14)18-19/h4-7,14,19H,2-3,8-11H2,1H3/b6-4+,7-5+,18-13+/t14-/m1/s1. The molecule has 6 heteroatoms. The average molecular weight is 323 g/mol. The Bertz CT molecular complexity index is 523. The van der Waals surface area contributed by atoms with E-state index in [1.54, 1.807) is 23.1 Å². The van der Waals surface area contributed by atoms with Crippen LogP contribution < -0.4 is 0 Å². The third kappa shape index (κ3) is 5.63. The Balaban J connectivity index is 2.07. The Morgan fingerprint density at radius 2 is 1.86 bits per heavy atom. The summed E-state index contributed by atoms with van der Waals surface area (Å²) in [6.45, 7) is 1.96. The van der Waals surface area contributed by atoms with Crippen LogP contribution in [0.3, 0.4) is 0 Å². The van der Waals surface area contributed by atoms with Crippen LogP contribution in [0.25, 0.3) is 0 Å². The highest BCUT2D eigenvalue weighted by Gasteiger charge is 2.19. The van der Waals surface area contributed by atoms with Crippen molar-refractivity contribution in [1.82, 2.24) is 10.2 Å². The molecule has 0 fully saturated rings. The minimum atomic E-state index is 0.167. The second-order valence-electron chi connectivity index (χ2n) is 4.92. The molecule has 0 saturated carbocycles. The molecule has 0 unspecified atom stereocenters. The molecule has 1 atom stereocenters. The number of hydrogen-bond acceptors (Lipinski definition) is 6. The lowest BCUT2D eigenvalue weighted by Gasteiger charge is -2.15. The topological polar surface area (TPSA) is 58.4 Å². The Hall–Kier alpha value is -1.14. The van der Waals surface area contributed by atoms with Crippen LogP contribution in [0, 0.1) is 6.92 Å². The second kappa shape index (κ2) is 9.00. The normalized spacial score (nSPS) is 26.0. The predicted molar refractivity (Wildman–Crippen MR) is 89.5 cm³/mol. The van der Waals surface area contributed by atoms with Crippen molar-refractivity contribution >= 4 is 28.8 Å². The smallest absolute Gasteiger partial charge is 0.174 e. The molecule has 2 rings (SSSR count). The van der Waals surface area contributed by atoms with Gasteiger partial charge in [-0.2, -0.15) is 0 Å². The summed E-state index contributed by atoms with van der Waals surface area (Å²) in [5, 5.41) is 22.3. The van der Waals surface area contributed by atoms with Gasteiger partial charge in [0, 0.05) is 0 Å². The van der Waals surface area contributed by atoms with Gasteiger partial charge in [0.05, 0.1) is 11.0 Å². The van der Waals surface area contributed by atoms with Gasteiger partial charge in [0.15, 0.2) is 4.34 Å². The van der Waals surface area contributed by atoms with Gasteiger partial charge in [-0.15, -0.1) is 10.2 Å². The number of hydrogen-bond donors (Lipinski definition) is 1. The van der Waals surface area contributed by atoms with E-state index in [9.17, 15) is 5.21 Å². The second-order valence-corrected chi connectivity index (χ2v) is 7.55. The van der Waals surface area contributed by atoms with Crippen molar-refractivity contribution in [2.24, 2.45) is 5.16 Å². The summed E-state index contributed by atoms with van der Waals surface area (Å²) in [6, 6.07) is 0. The fourth-order valence-corrected chi connectivity index (χ4v) is 4.36. The van der Waals surface area contributed by atoms with E-state index in [1.807, 2.05) is 6.92 Å². The molecular weight excluding hydrogens is 302 g/mol. The third-order valence-electron chi connectivity index (χ3n) is 3.25. The highest BCUT2D eigenvalue weighted by atomic mass is 32.2. The van der Waals surface area contributed by atoms with E-state index < -0.39 is 0 Å². The SMILES string of the molecule is Cc1nnc(S[C@@H]2CC/C=C/CC/C=C/CC/C2=N\O)s1. The van der Waals surface area contributed by atoms with Crippen LogP contribution in [0.5, 0.6) is 0 Å². The molecule has 1 heterocycles. The van der Waals surface area contributed by atoms with Gasteiger partial charge in [-0.25, -0.2) is 0 Å². The highest BCUT2D eigenvalue weighted by Crippen LogP contribution is 2.31. The van der Waals surface area contributed by atoms with E-state index in [2.05, 4.69) is 39.7 Å². The Labute approximate surface area is 134 Å². The van der Waals surface area contributed by atoms with Crippen LogP contribution in [0.4, 0.5) is 0 Å².